The number of piperidine rings is 1. The van der Waals surface area contributed by atoms with Crippen LogP contribution in [0.15, 0.2) is 35.4 Å². The van der Waals surface area contributed by atoms with E-state index in [-0.39, 0.29) is 23.9 Å². The van der Waals surface area contributed by atoms with E-state index in [9.17, 15) is 19.2 Å². The summed E-state index contributed by atoms with van der Waals surface area (Å²) in [6.07, 6.45) is 6.22. The number of rotatable bonds is 5. The van der Waals surface area contributed by atoms with Crippen molar-refractivity contribution in [2.24, 2.45) is 0 Å². The van der Waals surface area contributed by atoms with E-state index in [4.69, 9.17) is 5.11 Å². The van der Waals surface area contributed by atoms with E-state index in [1.54, 1.807) is 27.8 Å². The van der Waals surface area contributed by atoms with Crippen LogP contribution in [-0.2, 0) is 20.9 Å². The lowest BCUT2D eigenvalue weighted by Crippen LogP contribution is -2.44. The first-order valence-corrected chi connectivity index (χ1v) is 10.6. The number of amides is 3. The number of para-hydroxylation sites is 1. The van der Waals surface area contributed by atoms with Gasteiger partial charge in [0, 0.05) is 35.8 Å². The van der Waals surface area contributed by atoms with Gasteiger partial charge in [0.25, 0.3) is 11.1 Å². The van der Waals surface area contributed by atoms with E-state index < -0.39 is 17.1 Å². The van der Waals surface area contributed by atoms with E-state index in [0.717, 1.165) is 46.8 Å². The third kappa shape index (κ3) is 3.97. The first-order chi connectivity index (χ1) is 14.4. The Hall–Kier alpha value is -3.07. The molecular formula is C21H21N3O5S. The predicted octanol–water partition coefficient (Wildman–Crippen LogP) is 2.77. The lowest BCUT2D eigenvalue weighted by molar-refractivity contribution is -0.137. The fourth-order valence-electron chi connectivity index (χ4n) is 3.82. The highest BCUT2D eigenvalue weighted by atomic mass is 32.2. The molecule has 4 rings (SSSR count). The van der Waals surface area contributed by atoms with Crippen LogP contribution < -0.4 is 0 Å². The first kappa shape index (κ1) is 20.2. The van der Waals surface area contributed by atoms with Gasteiger partial charge >= 0.3 is 5.97 Å². The van der Waals surface area contributed by atoms with Crippen LogP contribution in [0.25, 0.3) is 17.0 Å². The van der Waals surface area contributed by atoms with Crippen molar-refractivity contribution in [2.45, 2.75) is 25.8 Å². The molecule has 2 fully saturated rings. The summed E-state index contributed by atoms with van der Waals surface area (Å²) in [5, 5.41) is 9.46. The number of aromatic nitrogens is 1. The number of carbonyl (C=O) groups excluding carboxylic acids is 3. The van der Waals surface area contributed by atoms with E-state index >= 15 is 0 Å². The van der Waals surface area contributed by atoms with Crippen molar-refractivity contribution in [2.75, 3.05) is 19.6 Å². The first-order valence-electron chi connectivity index (χ1n) is 9.77. The summed E-state index contributed by atoms with van der Waals surface area (Å²) < 4.78 is 1.59. The van der Waals surface area contributed by atoms with Crippen LogP contribution in [0, 0.1) is 0 Å². The summed E-state index contributed by atoms with van der Waals surface area (Å²) in [6, 6.07) is 7.28. The molecule has 0 saturated carbocycles. The number of hydrogen-bond acceptors (Lipinski definition) is 5. The molecule has 0 bridgehead atoms. The molecular weight excluding hydrogens is 406 g/mol. The van der Waals surface area contributed by atoms with E-state index in [1.807, 2.05) is 18.2 Å². The van der Waals surface area contributed by atoms with Crippen molar-refractivity contribution in [3.63, 3.8) is 0 Å². The number of aliphatic carboxylic acids is 1. The van der Waals surface area contributed by atoms with Crippen LogP contribution in [0.3, 0.4) is 0 Å². The van der Waals surface area contributed by atoms with Crippen LogP contribution in [0.2, 0.25) is 0 Å². The number of carboxylic acid groups (broad SMARTS) is 1. The molecule has 0 atom stereocenters. The number of fused-ring (bicyclic) bond motifs is 1. The number of thioether (sulfide) groups is 1. The van der Waals surface area contributed by atoms with Crippen molar-refractivity contribution < 1.29 is 24.3 Å². The standard InChI is InChI=1S/C21H21N3O5S/c25-18(22-8-4-1-5-9-22)12-24-20(28)17(30-21(24)29)10-14-11-23(13-19(26)27)16-7-3-2-6-15(14)16/h2-3,6-7,10-11H,1,4-5,8-9,12-13H2,(H,26,27)/b17-10-. The topological polar surface area (TPSA) is 99.9 Å². The van der Waals surface area contributed by atoms with Crippen molar-refractivity contribution in [1.29, 1.82) is 0 Å². The molecule has 2 saturated heterocycles. The molecule has 0 spiro atoms. The Labute approximate surface area is 177 Å². The molecule has 2 aliphatic heterocycles. The largest absolute Gasteiger partial charge is 0.480 e. The fourth-order valence-corrected chi connectivity index (χ4v) is 4.65. The van der Waals surface area contributed by atoms with Crippen LogP contribution in [0.4, 0.5) is 4.79 Å². The van der Waals surface area contributed by atoms with Gasteiger partial charge in [-0.2, -0.15) is 0 Å². The Balaban J connectivity index is 1.58. The highest BCUT2D eigenvalue weighted by Crippen LogP contribution is 2.34. The Morgan fingerprint density at radius 1 is 1.07 bits per heavy atom. The van der Waals surface area contributed by atoms with Crippen LogP contribution >= 0.6 is 11.8 Å². The van der Waals surface area contributed by atoms with E-state index in [1.165, 1.54) is 0 Å². The molecule has 2 aromatic rings. The lowest BCUT2D eigenvalue weighted by Gasteiger charge is -2.27. The molecule has 3 amide bonds. The molecule has 2 aliphatic rings. The SMILES string of the molecule is O=C(O)Cn1cc(/C=C2\SC(=O)N(CC(=O)N3CCCCC3)C2=O)c2ccccc21. The number of carboxylic acids is 1. The Kier molecular flexibility index (Phi) is 5.63. The quantitative estimate of drug-likeness (QED) is 0.737. The molecule has 1 aromatic heterocycles. The summed E-state index contributed by atoms with van der Waals surface area (Å²) in [4.78, 5) is 51.8. The molecule has 8 nitrogen and oxygen atoms in total. The maximum Gasteiger partial charge on any atom is 0.323 e. The molecule has 1 aromatic carbocycles. The highest BCUT2D eigenvalue weighted by molar-refractivity contribution is 8.18. The van der Waals surface area contributed by atoms with Gasteiger partial charge in [-0.15, -0.1) is 0 Å². The zero-order chi connectivity index (χ0) is 21.3. The average Bonchev–Trinajstić information content (AvgIpc) is 3.20. The molecule has 1 N–H and O–H groups in total. The van der Waals surface area contributed by atoms with Crippen molar-refractivity contribution in [3.8, 4) is 0 Å². The van der Waals surface area contributed by atoms with Gasteiger partial charge in [-0.05, 0) is 43.2 Å². The van der Waals surface area contributed by atoms with Gasteiger partial charge in [-0.3, -0.25) is 24.1 Å². The summed E-state index contributed by atoms with van der Waals surface area (Å²) in [5.41, 5.74) is 1.38. The van der Waals surface area contributed by atoms with Crippen molar-refractivity contribution >= 4 is 51.8 Å². The maximum absolute atomic E-state index is 12.8. The fraction of sp³-hybridized carbons (Fsp3) is 0.333. The minimum absolute atomic E-state index is 0.208. The molecule has 0 unspecified atom stereocenters. The van der Waals surface area contributed by atoms with Crippen LogP contribution in [0.5, 0.6) is 0 Å². The smallest absolute Gasteiger partial charge is 0.323 e. The second-order valence-corrected chi connectivity index (χ2v) is 8.33. The highest BCUT2D eigenvalue weighted by Gasteiger charge is 2.37. The summed E-state index contributed by atoms with van der Waals surface area (Å²) in [6.45, 7) is 0.866. The number of likely N-dealkylation sites (tertiary alicyclic amines) is 1. The average molecular weight is 427 g/mol. The van der Waals surface area contributed by atoms with Crippen LogP contribution in [0.1, 0.15) is 24.8 Å². The van der Waals surface area contributed by atoms with Crippen LogP contribution in [-0.4, -0.2) is 62.1 Å². The van der Waals surface area contributed by atoms with Gasteiger partial charge in [0.15, 0.2) is 0 Å². The van der Waals surface area contributed by atoms with Gasteiger partial charge < -0.3 is 14.6 Å². The second kappa shape index (κ2) is 8.35. The van der Waals surface area contributed by atoms with E-state index in [0.29, 0.717) is 18.7 Å². The van der Waals surface area contributed by atoms with Gasteiger partial charge in [-0.25, -0.2) is 0 Å². The lowest BCUT2D eigenvalue weighted by atomic mass is 10.1. The molecule has 0 radical (unpaired) electrons. The zero-order valence-corrected chi connectivity index (χ0v) is 17.1. The number of imide groups is 1. The third-order valence-corrected chi connectivity index (χ3v) is 6.19. The third-order valence-electron chi connectivity index (χ3n) is 5.29. The maximum atomic E-state index is 12.8. The van der Waals surface area contributed by atoms with Gasteiger partial charge in [0.2, 0.25) is 5.91 Å². The molecule has 30 heavy (non-hydrogen) atoms. The normalized spacial score (nSPS) is 18.6. The van der Waals surface area contributed by atoms with Gasteiger partial charge in [0.05, 0.1) is 4.91 Å². The van der Waals surface area contributed by atoms with Crippen molar-refractivity contribution in [3.05, 3.63) is 40.9 Å². The summed E-state index contributed by atoms with van der Waals surface area (Å²) in [5.74, 6) is -1.68. The Morgan fingerprint density at radius 3 is 2.53 bits per heavy atom. The number of hydrogen-bond donors (Lipinski definition) is 1. The molecule has 3 heterocycles. The zero-order valence-electron chi connectivity index (χ0n) is 16.2. The summed E-state index contributed by atoms with van der Waals surface area (Å²) >= 11 is 0.799. The second-order valence-electron chi connectivity index (χ2n) is 7.33. The minimum Gasteiger partial charge on any atom is -0.480 e. The monoisotopic (exact) mass is 427 g/mol. The van der Waals surface area contributed by atoms with Gasteiger partial charge in [0.1, 0.15) is 13.1 Å². The predicted molar refractivity (Wildman–Crippen MR) is 113 cm³/mol. The molecule has 0 aliphatic carbocycles. The van der Waals surface area contributed by atoms with E-state index in [2.05, 4.69) is 0 Å². The number of nitrogens with zero attached hydrogens (tertiary/aromatic N) is 3. The Morgan fingerprint density at radius 2 is 1.80 bits per heavy atom. The molecule has 156 valence electrons. The number of carbonyl (C=O) groups is 4. The summed E-state index contributed by atoms with van der Waals surface area (Å²) in [7, 11) is 0. The van der Waals surface area contributed by atoms with Gasteiger partial charge in [-0.1, -0.05) is 18.2 Å². The molecule has 9 heteroatoms. The van der Waals surface area contributed by atoms with Crippen molar-refractivity contribution in [1.82, 2.24) is 14.4 Å². The minimum atomic E-state index is -0.973. The Bertz CT molecular complexity index is 1070. The number of benzene rings is 1.